The van der Waals surface area contributed by atoms with Gasteiger partial charge in [0.25, 0.3) is 0 Å². The summed E-state index contributed by atoms with van der Waals surface area (Å²) < 4.78 is 9.86. The lowest BCUT2D eigenvalue weighted by atomic mass is 10.00. The van der Waals surface area contributed by atoms with Crippen LogP contribution in [0.15, 0.2) is 0 Å². The van der Waals surface area contributed by atoms with Crippen molar-refractivity contribution in [3.8, 4) is 0 Å². The molecule has 1 saturated heterocycles. The van der Waals surface area contributed by atoms with Gasteiger partial charge in [-0.1, -0.05) is 0 Å². The van der Waals surface area contributed by atoms with Crippen molar-refractivity contribution in [2.75, 3.05) is 7.11 Å². The van der Waals surface area contributed by atoms with E-state index in [4.69, 9.17) is 4.74 Å². The van der Waals surface area contributed by atoms with Crippen molar-refractivity contribution in [3.63, 3.8) is 0 Å². The number of likely N-dealkylation sites (tertiary alicyclic amines) is 1. The predicted molar refractivity (Wildman–Crippen MR) is 67.3 cm³/mol. The average molecular weight is 271 g/mol. The highest BCUT2D eigenvalue weighted by Crippen LogP contribution is 2.27. The third-order valence-electron chi connectivity index (χ3n) is 2.99. The number of imide groups is 1. The number of esters is 1. The monoisotopic (exact) mass is 271 g/mol. The van der Waals surface area contributed by atoms with Crippen LogP contribution in [0.5, 0.6) is 0 Å². The van der Waals surface area contributed by atoms with Crippen molar-refractivity contribution in [1.82, 2.24) is 4.90 Å². The first-order chi connectivity index (χ1) is 8.67. The van der Waals surface area contributed by atoms with Crippen LogP contribution in [0.2, 0.25) is 0 Å². The Balaban J connectivity index is 2.86. The van der Waals surface area contributed by atoms with E-state index < -0.39 is 29.6 Å². The molecule has 1 heterocycles. The average Bonchev–Trinajstić information content (AvgIpc) is 2.66. The SMILES string of the molecule is COC(=O)[C@@H](C)[C@H]1CCC(=O)N1C(=O)OC(C)(C)C. The number of methoxy groups -OCH3 is 1. The minimum Gasteiger partial charge on any atom is -0.469 e. The van der Waals surface area contributed by atoms with Crippen LogP contribution in [0.1, 0.15) is 40.5 Å². The van der Waals surface area contributed by atoms with Gasteiger partial charge in [-0.05, 0) is 34.1 Å². The Morgan fingerprint density at radius 1 is 1.37 bits per heavy atom. The summed E-state index contributed by atoms with van der Waals surface area (Å²) in [5, 5.41) is 0. The zero-order valence-corrected chi connectivity index (χ0v) is 12.1. The lowest BCUT2D eigenvalue weighted by molar-refractivity contribution is -0.147. The molecule has 108 valence electrons. The third kappa shape index (κ3) is 3.68. The van der Waals surface area contributed by atoms with Crippen molar-refractivity contribution in [1.29, 1.82) is 0 Å². The molecule has 0 N–H and O–H groups in total. The highest BCUT2D eigenvalue weighted by Gasteiger charge is 2.43. The van der Waals surface area contributed by atoms with Crippen molar-refractivity contribution in [2.45, 2.75) is 52.2 Å². The van der Waals surface area contributed by atoms with Crippen LogP contribution in [0, 0.1) is 5.92 Å². The molecule has 0 aromatic heterocycles. The van der Waals surface area contributed by atoms with Crippen LogP contribution >= 0.6 is 0 Å². The van der Waals surface area contributed by atoms with Gasteiger partial charge in [0, 0.05) is 6.42 Å². The van der Waals surface area contributed by atoms with Crippen molar-refractivity contribution in [2.24, 2.45) is 5.92 Å². The van der Waals surface area contributed by atoms with E-state index in [1.54, 1.807) is 27.7 Å². The maximum atomic E-state index is 12.0. The normalized spacial score (nSPS) is 21.2. The van der Waals surface area contributed by atoms with E-state index in [1.165, 1.54) is 7.11 Å². The lowest BCUT2D eigenvalue weighted by Crippen LogP contribution is -2.46. The summed E-state index contributed by atoms with van der Waals surface area (Å²) in [5.74, 6) is -1.30. The highest BCUT2D eigenvalue weighted by molar-refractivity contribution is 5.95. The van der Waals surface area contributed by atoms with Gasteiger partial charge in [0.05, 0.1) is 19.1 Å². The van der Waals surface area contributed by atoms with Crippen LogP contribution in [0.3, 0.4) is 0 Å². The molecule has 2 atom stereocenters. The second-order valence-electron chi connectivity index (χ2n) is 5.66. The molecule has 1 aliphatic heterocycles. The van der Waals surface area contributed by atoms with Crippen LogP contribution in [0.4, 0.5) is 4.79 Å². The first kappa shape index (κ1) is 15.5. The lowest BCUT2D eigenvalue weighted by Gasteiger charge is -2.29. The number of hydrogen-bond donors (Lipinski definition) is 0. The fourth-order valence-electron chi connectivity index (χ4n) is 2.07. The smallest absolute Gasteiger partial charge is 0.417 e. The maximum absolute atomic E-state index is 12.0. The third-order valence-corrected chi connectivity index (χ3v) is 2.99. The Bertz CT molecular complexity index is 385. The molecule has 1 rings (SSSR count). The standard InChI is InChI=1S/C13H21NO5/c1-8(11(16)18-5)9-6-7-10(15)14(9)12(17)19-13(2,3)4/h8-9H,6-7H2,1-5H3/t8-,9+/m0/s1. The van der Waals surface area contributed by atoms with Crippen molar-refractivity contribution >= 4 is 18.0 Å². The number of rotatable bonds is 2. The molecule has 0 aromatic carbocycles. The van der Waals surface area contributed by atoms with Gasteiger partial charge >= 0.3 is 12.1 Å². The molecule has 0 radical (unpaired) electrons. The molecular weight excluding hydrogens is 250 g/mol. The Kier molecular flexibility index (Phi) is 4.55. The number of carbonyl (C=O) groups excluding carboxylic acids is 3. The Morgan fingerprint density at radius 2 is 1.95 bits per heavy atom. The molecule has 0 spiro atoms. The zero-order valence-electron chi connectivity index (χ0n) is 12.1. The summed E-state index contributed by atoms with van der Waals surface area (Å²) in [6.07, 6.45) is -0.00434. The first-order valence-electron chi connectivity index (χ1n) is 6.30. The molecule has 19 heavy (non-hydrogen) atoms. The van der Waals surface area contributed by atoms with E-state index in [-0.39, 0.29) is 12.3 Å². The Morgan fingerprint density at radius 3 is 2.42 bits per heavy atom. The van der Waals surface area contributed by atoms with Crippen LogP contribution in [0.25, 0.3) is 0 Å². The van der Waals surface area contributed by atoms with E-state index in [9.17, 15) is 14.4 Å². The van der Waals surface area contributed by atoms with Crippen molar-refractivity contribution < 1.29 is 23.9 Å². The zero-order chi connectivity index (χ0) is 14.8. The minimum atomic E-state index is -0.698. The van der Waals surface area contributed by atoms with E-state index in [0.29, 0.717) is 6.42 Å². The molecule has 0 aromatic rings. The number of carbonyl (C=O) groups is 3. The number of amides is 2. The summed E-state index contributed by atoms with van der Waals surface area (Å²) in [7, 11) is 1.29. The summed E-state index contributed by atoms with van der Waals surface area (Å²) in [6.45, 7) is 6.82. The molecule has 2 amide bonds. The molecule has 0 bridgehead atoms. The molecule has 6 nitrogen and oxygen atoms in total. The van der Waals surface area contributed by atoms with Crippen LogP contribution in [-0.4, -0.2) is 41.6 Å². The summed E-state index contributed by atoms with van der Waals surface area (Å²) >= 11 is 0. The fraction of sp³-hybridized carbons (Fsp3) is 0.769. The Hall–Kier alpha value is -1.59. The molecule has 6 heteroatoms. The van der Waals surface area contributed by atoms with Gasteiger partial charge in [0.2, 0.25) is 5.91 Å². The number of hydrogen-bond acceptors (Lipinski definition) is 5. The Labute approximate surface area is 113 Å². The maximum Gasteiger partial charge on any atom is 0.417 e. The van der Waals surface area contributed by atoms with Gasteiger partial charge in [0.15, 0.2) is 0 Å². The van der Waals surface area contributed by atoms with Gasteiger partial charge in [-0.15, -0.1) is 0 Å². The summed E-state index contributed by atoms with van der Waals surface area (Å²) in [6, 6.07) is -0.491. The molecule has 0 saturated carbocycles. The van der Waals surface area contributed by atoms with Crippen LogP contribution in [-0.2, 0) is 19.1 Å². The first-order valence-corrected chi connectivity index (χ1v) is 6.30. The highest BCUT2D eigenvalue weighted by atomic mass is 16.6. The molecule has 1 fully saturated rings. The van der Waals surface area contributed by atoms with Gasteiger partial charge in [-0.2, -0.15) is 0 Å². The second kappa shape index (κ2) is 5.59. The number of nitrogens with zero attached hydrogens (tertiary/aromatic N) is 1. The largest absolute Gasteiger partial charge is 0.469 e. The minimum absolute atomic E-state index is 0.241. The van der Waals surface area contributed by atoms with Gasteiger partial charge < -0.3 is 9.47 Å². The summed E-state index contributed by atoms with van der Waals surface area (Å²) in [5.41, 5.74) is -0.682. The predicted octanol–water partition coefficient (Wildman–Crippen LogP) is 1.72. The quantitative estimate of drug-likeness (QED) is 0.715. The summed E-state index contributed by atoms with van der Waals surface area (Å²) in [4.78, 5) is 36.4. The second-order valence-corrected chi connectivity index (χ2v) is 5.66. The molecule has 0 unspecified atom stereocenters. The molecule has 0 aliphatic carbocycles. The molecular formula is C13H21NO5. The van der Waals surface area contributed by atoms with Gasteiger partial charge in [-0.25, -0.2) is 9.69 Å². The topological polar surface area (TPSA) is 72.9 Å². The van der Waals surface area contributed by atoms with E-state index in [1.807, 2.05) is 0 Å². The van der Waals surface area contributed by atoms with E-state index >= 15 is 0 Å². The van der Waals surface area contributed by atoms with Gasteiger partial charge in [0.1, 0.15) is 5.60 Å². The molecule has 1 aliphatic rings. The van der Waals surface area contributed by atoms with E-state index in [0.717, 1.165) is 4.90 Å². The van der Waals surface area contributed by atoms with Gasteiger partial charge in [-0.3, -0.25) is 9.59 Å². The fourth-order valence-corrected chi connectivity index (χ4v) is 2.07. The van der Waals surface area contributed by atoms with Crippen molar-refractivity contribution in [3.05, 3.63) is 0 Å². The van der Waals surface area contributed by atoms with Crippen LogP contribution < -0.4 is 0 Å². The van der Waals surface area contributed by atoms with E-state index in [2.05, 4.69) is 4.74 Å². The number of ether oxygens (including phenoxy) is 2.